The number of halogens is 1. The summed E-state index contributed by atoms with van der Waals surface area (Å²) in [6.45, 7) is 3.84. The first-order valence-electron chi connectivity index (χ1n) is 10.1. The molecular formula is C23H30ClNO2. The van der Waals surface area contributed by atoms with Gasteiger partial charge in [0.2, 0.25) is 0 Å². The van der Waals surface area contributed by atoms with Crippen molar-refractivity contribution >= 4 is 17.6 Å². The first-order valence-corrected chi connectivity index (χ1v) is 10.4. The molecule has 0 amide bonds. The van der Waals surface area contributed by atoms with Crippen molar-refractivity contribution in [3.05, 3.63) is 58.7 Å². The van der Waals surface area contributed by atoms with Crippen molar-refractivity contribution in [1.29, 1.82) is 0 Å². The number of unbranched alkanes of at least 4 members (excludes halogenated alkanes) is 1. The van der Waals surface area contributed by atoms with Gasteiger partial charge >= 0.3 is 5.97 Å². The summed E-state index contributed by atoms with van der Waals surface area (Å²) < 4.78 is 0. The SMILES string of the molecule is Cc1ccc(CNC[C@@H]2[C@@H](/C=C\CCCC(=O)O)[C@H]3C=C[C@@H]2CC3)c(Cl)c1. The zero-order chi connectivity index (χ0) is 19.2. The highest BCUT2D eigenvalue weighted by Crippen LogP contribution is 2.45. The second-order valence-electron chi connectivity index (χ2n) is 7.97. The van der Waals surface area contributed by atoms with Crippen LogP contribution in [-0.2, 0) is 11.3 Å². The van der Waals surface area contributed by atoms with E-state index in [4.69, 9.17) is 16.7 Å². The van der Waals surface area contributed by atoms with Crippen molar-refractivity contribution in [2.75, 3.05) is 6.54 Å². The third-order valence-electron chi connectivity index (χ3n) is 6.00. The molecule has 0 aromatic heterocycles. The topological polar surface area (TPSA) is 49.3 Å². The molecular weight excluding hydrogens is 358 g/mol. The summed E-state index contributed by atoms with van der Waals surface area (Å²) in [4.78, 5) is 10.6. The fraction of sp³-hybridized carbons (Fsp3) is 0.522. The summed E-state index contributed by atoms with van der Waals surface area (Å²) in [5.74, 6) is 1.72. The molecule has 2 bridgehead atoms. The van der Waals surface area contributed by atoms with E-state index in [2.05, 4.69) is 48.7 Å². The Hall–Kier alpha value is -1.58. The summed E-state index contributed by atoms with van der Waals surface area (Å²) in [6.07, 6.45) is 13.7. The average Bonchev–Trinajstić information content (AvgIpc) is 2.64. The molecule has 0 unspecified atom stereocenters. The van der Waals surface area contributed by atoms with Gasteiger partial charge in [0.15, 0.2) is 0 Å². The van der Waals surface area contributed by atoms with Crippen LogP contribution in [0.3, 0.4) is 0 Å². The predicted octanol–water partition coefficient (Wildman–Crippen LogP) is 5.38. The van der Waals surface area contributed by atoms with Gasteiger partial charge in [-0.3, -0.25) is 4.79 Å². The number of carbonyl (C=O) groups is 1. The van der Waals surface area contributed by atoms with E-state index in [0.29, 0.717) is 23.7 Å². The molecule has 0 spiro atoms. The minimum Gasteiger partial charge on any atom is -0.481 e. The van der Waals surface area contributed by atoms with E-state index in [9.17, 15) is 4.79 Å². The standard InChI is InChI=1S/C23H30ClNO2/c1-16-7-8-19(22(24)13-16)14-25-15-21-18-11-9-17(10-12-18)20(21)5-3-2-4-6-23(26)27/h3,5,7-9,11,13,17-18,20-21,25H,2,4,6,10,12,14-15H2,1H3,(H,26,27)/b5-3-/t17-,18+,20-,21-/m0/s1. The minimum absolute atomic E-state index is 0.253. The quantitative estimate of drug-likeness (QED) is 0.442. The molecule has 0 heterocycles. The molecule has 0 radical (unpaired) electrons. The average molecular weight is 388 g/mol. The molecule has 1 aromatic carbocycles. The van der Waals surface area contributed by atoms with Crippen molar-refractivity contribution in [3.8, 4) is 0 Å². The molecule has 1 aromatic rings. The van der Waals surface area contributed by atoms with Crippen LogP contribution in [0.15, 0.2) is 42.5 Å². The van der Waals surface area contributed by atoms with Crippen molar-refractivity contribution in [1.82, 2.24) is 5.32 Å². The summed E-state index contributed by atoms with van der Waals surface area (Å²) >= 11 is 6.36. The van der Waals surface area contributed by atoms with Gasteiger partial charge in [-0.25, -0.2) is 0 Å². The molecule has 4 heteroatoms. The number of hydrogen-bond donors (Lipinski definition) is 2. The minimum atomic E-state index is -0.708. The van der Waals surface area contributed by atoms with Crippen molar-refractivity contribution in [2.24, 2.45) is 23.7 Å². The summed E-state index contributed by atoms with van der Waals surface area (Å²) in [7, 11) is 0. The number of benzene rings is 1. The highest BCUT2D eigenvalue weighted by atomic mass is 35.5. The van der Waals surface area contributed by atoms with Crippen molar-refractivity contribution < 1.29 is 9.90 Å². The van der Waals surface area contributed by atoms with E-state index in [0.717, 1.165) is 36.5 Å². The van der Waals surface area contributed by atoms with Gasteiger partial charge in [-0.1, -0.05) is 48.0 Å². The highest BCUT2D eigenvalue weighted by Gasteiger charge is 2.38. The molecule has 4 atom stereocenters. The van der Waals surface area contributed by atoms with Crippen LogP contribution < -0.4 is 5.32 Å². The second kappa shape index (κ2) is 9.57. The van der Waals surface area contributed by atoms with Gasteiger partial charge in [-0.2, -0.15) is 0 Å². The number of nitrogens with one attached hydrogen (secondary N) is 1. The van der Waals surface area contributed by atoms with Gasteiger partial charge in [-0.15, -0.1) is 0 Å². The molecule has 3 aliphatic rings. The van der Waals surface area contributed by atoms with Gasteiger partial charge in [0.1, 0.15) is 0 Å². The molecule has 0 aliphatic heterocycles. The number of carboxylic acids is 1. The number of carboxylic acid groups (broad SMARTS) is 1. The Kier molecular flexibility index (Phi) is 7.14. The molecule has 3 aliphatic carbocycles. The summed E-state index contributed by atoms with van der Waals surface area (Å²) in [5, 5.41) is 13.2. The largest absolute Gasteiger partial charge is 0.481 e. The van der Waals surface area contributed by atoms with Crippen LogP contribution in [0, 0.1) is 30.6 Å². The van der Waals surface area contributed by atoms with E-state index >= 15 is 0 Å². The first-order chi connectivity index (χ1) is 13.0. The van der Waals surface area contributed by atoms with E-state index < -0.39 is 5.97 Å². The number of aryl methyl sites for hydroxylation is 1. The Labute approximate surface area is 167 Å². The summed E-state index contributed by atoms with van der Waals surface area (Å²) in [5.41, 5.74) is 2.34. The smallest absolute Gasteiger partial charge is 0.303 e. The maximum absolute atomic E-state index is 10.6. The number of rotatable bonds is 9. The summed E-state index contributed by atoms with van der Waals surface area (Å²) in [6, 6.07) is 6.24. The first kappa shape index (κ1) is 20.2. The molecule has 1 saturated carbocycles. The number of aliphatic carboxylic acids is 1. The van der Waals surface area contributed by atoms with E-state index in [1.54, 1.807) is 0 Å². The maximum Gasteiger partial charge on any atom is 0.303 e. The molecule has 146 valence electrons. The number of fused-ring (bicyclic) bond motifs is 2. The lowest BCUT2D eigenvalue weighted by Gasteiger charge is -2.44. The van der Waals surface area contributed by atoms with Crippen LogP contribution in [0.2, 0.25) is 5.02 Å². The fourth-order valence-corrected chi connectivity index (χ4v) is 4.81. The fourth-order valence-electron chi connectivity index (χ4n) is 4.51. The molecule has 3 nitrogen and oxygen atoms in total. The van der Waals surface area contributed by atoms with Gasteiger partial charge < -0.3 is 10.4 Å². The Morgan fingerprint density at radius 3 is 2.78 bits per heavy atom. The molecule has 4 rings (SSSR count). The maximum atomic E-state index is 10.6. The van der Waals surface area contributed by atoms with Crippen molar-refractivity contribution in [3.63, 3.8) is 0 Å². The van der Waals surface area contributed by atoms with E-state index in [1.807, 2.05) is 6.07 Å². The normalized spacial score (nSPS) is 26.7. The van der Waals surface area contributed by atoms with E-state index in [1.165, 1.54) is 18.4 Å². The van der Waals surface area contributed by atoms with E-state index in [-0.39, 0.29) is 6.42 Å². The zero-order valence-corrected chi connectivity index (χ0v) is 16.8. The Morgan fingerprint density at radius 1 is 1.30 bits per heavy atom. The number of allylic oxidation sites excluding steroid dienone is 4. The molecule has 1 fully saturated rings. The third-order valence-corrected chi connectivity index (χ3v) is 6.35. The lowest BCUT2D eigenvalue weighted by molar-refractivity contribution is -0.137. The highest BCUT2D eigenvalue weighted by molar-refractivity contribution is 6.31. The molecule has 27 heavy (non-hydrogen) atoms. The number of hydrogen-bond acceptors (Lipinski definition) is 2. The van der Waals surface area contributed by atoms with Crippen LogP contribution in [0.5, 0.6) is 0 Å². The van der Waals surface area contributed by atoms with Crippen LogP contribution in [-0.4, -0.2) is 17.6 Å². The predicted molar refractivity (Wildman–Crippen MR) is 111 cm³/mol. The van der Waals surface area contributed by atoms with Crippen LogP contribution in [0.4, 0.5) is 0 Å². The van der Waals surface area contributed by atoms with Gasteiger partial charge in [0, 0.05) is 18.0 Å². The molecule has 2 N–H and O–H groups in total. The second-order valence-corrected chi connectivity index (χ2v) is 8.38. The Morgan fingerprint density at radius 2 is 2.07 bits per heavy atom. The van der Waals surface area contributed by atoms with Crippen molar-refractivity contribution in [2.45, 2.75) is 45.6 Å². The Balaban J connectivity index is 1.55. The van der Waals surface area contributed by atoms with Gasteiger partial charge in [0.05, 0.1) is 0 Å². The Bertz CT molecular complexity index is 712. The monoisotopic (exact) mass is 387 g/mol. The lowest BCUT2D eigenvalue weighted by atomic mass is 9.62. The zero-order valence-electron chi connectivity index (χ0n) is 16.0. The van der Waals surface area contributed by atoms with Gasteiger partial charge in [-0.05, 0) is 80.0 Å². The lowest BCUT2D eigenvalue weighted by Crippen LogP contribution is -2.41. The van der Waals surface area contributed by atoms with Crippen LogP contribution in [0.1, 0.15) is 43.2 Å². The molecule has 0 saturated heterocycles. The third kappa shape index (κ3) is 5.46. The van der Waals surface area contributed by atoms with Crippen LogP contribution >= 0.6 is 11.6 Å². The van der Waals surface area contributed by atoms with Gasteiger partial charge in [0.25, 0.3) is 0 Å². The van der Waals surface area contributed by atoms with Crippen LogP contribution in [0.25, 0.3) is 0 Å².